The van der Waals surface area contributed by atoms with Crippen molar-refractivity contribution in [2.75, 3.05) is 19.0 Å². The first-order chi connectivity index (χ1) is 11.4. The first-order valence-corrected chi connectivity index (χ1v) is 7.79. The molecule has 0 radical (unpaired) electrons. The molecule has 2 N–H and O–H groups in total. The van der Waals surface area contributed by atoms with E-state index in [1.807, 2.05) is 13.8 Å². The summed E-state index contributed by atoms with van der Waals surface area (Å²) in [4.78, 5) is 35.3. The fourth-order valence-electron chi connectivity index (χ4n) is 2.06. The van der Waals surface area contributed by atoms with Crippen LogP contribution in [0.2, 0.25) is 0 Å². The molecule has 0 unspecified atom stereocenters. The highest BCUT2D eigenvalue weighted by Gasteiger charge is 2.23. The summed E-state index contributed by atoms with van der Waals surface area (Å²) in [7, 11) is 1.29. The largest absolute Gasteiger partial charge is 0.467 e. The van der Waals surface area contributed by atoms with Gasteiger partial charge in [-0.15, -0.1) is 0 Å². The van der Waals surface area contributed by atoms with E-state index in [2.05, 4.69) is 10.6 Å². The molecule has 1 atom stereocenters. The van der Waals surface area contributed by atoms with Gasteiger partial charge in [0.25, 0.3) is 5.91 Å². The van der Waals surface area contributed by atoms with Crippen LogP contribution in [0.15, 0.2) is 24.3 Å². The molecule has 2 amide bonds. The van der Waals surface area contributed by atoms with E-state index >= 15 is 0 Å². The van der Waals surface area contributed by atoms with Crippen molar-refractivity contribution >= 4 is 23.7 Å². The quantitative estimate of drug-likeness (QED) is 0.746. The fraction of sp³-hybridized carbons (Fsp3) is 0.471. The third-order valence-corrected chi connectivity index (χ3v) is 3.17. The standard InChI is InChI=1S/C17H24N2O5/c1-5-24-17(22)18-13-8-6-12(7-9-13)15(20)19-14(10-11(2)3)16(21)23-4/h6-9,11,14H,5,10H2,1-4H3,(H,18,22)(H,19,20)/t14-/m1/s1. The number of carbonyl (C=O) groups is 3. The predicted octanol–water partition coefficient (Wildman–Crippen LogP) is 2.57. The molecule has 7 nitrogen and oxygen atoms in total. The second-order valence-electron chi connectivity index (χ2n) is 5.60. The number of methoxy groups -OCH3 is 1. The Morgan fingerprint density at radius 2 is 1.75 bits per heavy atom. The van der Waals surface area contributed by atoms with Crippen LogP contribution in [0.1, 0.15) is 37.6 Å². The number of benzene rings is 1. The van der Waals surface area contributed by atoms with Gasteiger partial charge >= 0.3 is 12.1 Å². The maximum Gasteiger partial charge on any atom is 0.411 e. The molecule has 1 aromatic carbocycles. The second kappa shape index (κ2) is 9.54. The summed E-state index contributed by atoms with van der Waals surface area (Å²) in [5.74, 6) is -0.628. The Kier molecular flexibility index (Phi) is 7.74. The lowest BCUT2D eigenvalue weighted by atomic mass is 10.0. The van der Waals surface area contributed by atoms with Crippen LogP contribution in [0, 0.1) is 5.92 Å². The maximum absolute atomic E-state index is 12.3. The van der Waals surface area contributed by atoms with Crippen LogP contribution in [-0.4, -0.2) is 37.7 Å². The van der Waals surface area contributed by atoms with Gasteiger partial charge in [0.05, 0.1) is 13.7 Å². The van der Waals surface area contributed by atoms with Gasteiger partial charge in [-0.3, -0.25) is 10.1 Å². The molecule has 0 bridgehead atoms. The summed E-state index contributed by atoms with van der Waals surface area (Å²) in [6, 6.07) is 5.59. The van der Waals surface area contributed by atoms with E-state index in [0.717, 1.165) is 0 Å². The molecule has 7 heteroatoms. The number of ether oxygens (including phenoxy) is 2. The van der Waals surface area contributed by atoms with Gasteiger partial charge in [-0.25, -0.2) is 9.59 Å². The molecular formula is C17H24N2O5. The van der Waals surface area contributed by atoms with Gasteiger partial charge in [0.1, 0.15) is 6.04 Å². The molecule has 0 saturated heterocycles. The van der Waals surface area contributed by atoms with Gasteiger partial charge in [-0.05, 0) is 43.5 Å². The molecule has 0 aromatic heterocycles. The normalized spacial score (nSPS) is 11.5. The van der Waals surface area contributed by atoms with Crippen molar-refractivity contribution in [2.24, 2.45) is 5.92 Å². The predicted molar refractivity (Wildman–Crippen MR) is 89.8 cm³/mol. The Morgan fingerprint density at radius 3 is 2.25 bits per heavy atom. The minimum atomic E-state index is -0.695. The Hall–Kier alpha value is -2.57. The van der Waals surface area contributed by atoms with Crippen LogP contribution in [0.5, 0.6) is 0 Å². The molecule has 0 spiro atoms. The second-order valence-corrected chi connectivity index (χ2v) is 5.60. The van der Waals surface area contributed by atoms with Crippen molar-refractivity contribution in [1.29, 1.82) is 0 Å². The molecule has 0 saturated carbocycles. The molecule has 0 aliphatic carbocycles. The van der Waals surface area contributed by atoms with Crippen molar-refractivity contribution < 1.29 is 23.9 Å². The van der Waals surface area contributed by atoms with Crippen LogP contribution >= 0.6 is 0 Å². The van der Waals surface area contributed by atoms with Crippen molar-refractivity contribution in [3.05, 3.63) is 29.8 Å². The summed E-state index contributed by atoms with van der Waals surface area (Å²) >= 11 is 0. The third kappa shape index (κ3) is 6.28. The summed E-state index contributed by atoms with van der Waals surface area (Å²) in [5, 5.41) is 5.21. The zero-order valence-corrected chi connectivity index (χ0v) is 14.4. The first-order valence-electron chi connectivity index (χ1n) is 7.79. The van der Waals surface area contributed by atoms with Gasteiger partial charge in [-0.2, -0.15) is 0 Å². The molecule has 1 rings (SSSR count). The lowest BCUT2D eigenvalue weighted by Crippen LogP contribution is -2.42. The number of carbonyl (C=O) groups excluding carboxylic acids is 3. The van der Waals surface area contributed by atoms with Gasteiger partial charge in [-0.1, -0.05) is 13.8 Å². The van der Waals surface area contributed by atoms with Crippen molar-refractivity contribution in [3.63, 3.8) is 0 Å². The fourth-order valence-corrected chi connectivity index (χ4v) is 2.06. The molecule has 0 heterocycles. The van der Waals surface area contributed by atoms with E-state index < -0.39 is 18.1 Å². The molecule has 0 aliphatic rings. The average Bonchev–Trinajstić information content (AvgIpc) is 2.53. The van der Waals surface area contributed by atoms with E-state index in [-0.39, 0.29) is 18.4 Å². The zero-order chi connectivity index (χ0) is 18.1. The Balaban J connectivity index is 2.72. The number of nitrogens with one attached hydrogen (secondary N) is 2. The number of hydrogen-bond acceptors (Lipinski definition) is 5. The highest BCUT2D eigenvalue weighted by atomic mass is 16.5. The number of anilines is 1. The monoisotopic (exact) mass is 336 g/mol. The smallest absolute Gasteiger partial charge is 0.411 e. The molecule has 1 aromatic rings. The third-order valence-electron chi connectivity index (χ3n) is 3.17. The van der Waals surface area contributed by atoms with E-state index in [1.54, 1.807) is 31.2 Å². The van der Waals surface area contributed by atoms with Crippen LogP contribution in [0.4, 0.5) is 10.5 Å². The van der Waals surface area contributed by atoms with Gasteiger partial charge in [0.15, 0.2) is 0 Å². The Morgan fingerprint density at radius 1 is 1.12 bits per heavy atom. The SMILES string of the molecule is CCOC(=O)Nc1ccc(C(=O)N[C@H](CC(C)C)C(=O)OC)cc1. The van der Waals surface area contributed by atoms with Crippen molar-refractivity contribution in [2.45, 2.75) is 33.2 Å². The minimum Gasteiger partial charge on any atom is -0.467 e. The highest BCUT2D eigenvalue weighted by molar-refractivity contribution is 5.97. The molecule has 0 fully saturated rings. The van der Waals surface area contributed by atoms with Gasteiger partial charge in [0.2, 0.25) is 0 Å². The van der Waals surface area contributed by atoms with Crippen LogP contribution < -0.4 is 10.6 Å². The highest BCUT2D eigenvalue weighted by Crippen LogP contribution is 2.12. The van der Waals surface area contributed by atoms with E-state index in [9.17, 15) is 14.4 Å². The summed E-state index contributed by atoms with van der Waals surface area (Å²) in [6.07, 6.45) is -0.0710. The first kappa shape index (κ1) is 19.5. The van der Waals surface area contributed by atoms with E-state index in [1.165, 1.54) is 7.11 Å². The summed E-state index contributed by atoms with van der Waals surface area (Å²) in [5.41, 5.74) is 0.888. The van der Waals surface area contributed by atoms with Gasteiger partial charge in [0, 0.05) is 11.3 Å². The van der Waals surface area contributed by atoms with E-state index in [4.69, 9.17) is 9.47 Å². The minimum absolute atomic E-state index is 0.227. The van der Waals surface area contributed by atoms with E-state index in [0.29, 0.717) is 17.7 Å². The van der Waals surface area contributed by atoms with Crippen LogP contribution in [0.25, 0.3) is 0 Å². The van der Waals surface area contributed by atoms with Crippen molar-refractivity contribution in [3.8, 4) is 0 Å². The van der Waals surface area contributed by atoms with Crippen LogP contribution in [0.3, 0.4) is 0 Å². The molecule has 24 heavy (non-hydrogen) atoms. The number of esters is 1. The molecule has 0 aliphatic heterocycles. The lowest BCUT2D eigenvalue weighted by molar-refractivity contribution is -0.143. The summed E-state index contributed by atoms with van der Waals surface area (Å²) in [6.45, 7) is 5.90. The average molecular weight is 336 g/mol. The number of amides is 2. The van der Waals surface area contributed by atoms with Gasteiger partial charge < -0.3 is 14.8 Å². The Labute approximate surface area is 141 Å². The zero-order valence-electron chi connectivity index (χ0n) is 14.4. The van der Waals surface area contributed by atoms with Crippen molar-refractivity contribution in [1.82, 2.24) is 5.32 Å². The topological polar surface area (TPSA) is 93.7 Å². The maximum atomic E-state index is 12.3. The number of hydrogen-bond donors (Lipinski definition) is 2. The lowest BCUT2D eigenvalue weighted by Gasteiger charge is -2.18. The van der Waals surface area contributed by atoms with Crippen LogP contribution in [-0.2, 0) is 14.3 Å². The number of rotatable bonds is 7. The summed E-state index contributed by atoms with van der Waals surface area (Å²) < 4.78 is 9.49. The molecular weight excluding hydrogens is 312 g/mol. The Bertz CT molecular complexity index is 569. The molecule has 132 valence electrons.